The summed E-state index contributed by atoms with van der Waals surface area (Å²) in [5, 5.41) is 9.60. The van der Waals surface area contributed by atoms with Gasteiger partial charge in [0.05, 0.1) is 19.0 Å². The third-order valence-corrected chi connectivity index (χ3v) is 5.99. The molecule has 0 bridgehead atoms. The van der Waals surface area contributed by atoms with Crippen LogP contribution in [0, 0.1) is 6.92 Å². The predicted molar refractivity (Wildman–Crippen MR) is 112 cm³/mol. The highest BCUT2D eigenvalue weighted by Gasteiger charge is 2.20. The lowest BCUT2D eigenvalue weighted by molar-refractivity contribution is -0.132. The molecule has 152 valence electrons. The number of hydrogen-bond acceptors (Lipinski definition) is 5. The third-order valence-electron chi connectivity index (χ3n) is 5.07. The Morgan fingerprint density at radius 2 is 1.90 bits per heavy atom. The molecule has 1 aliphatic rings. The summed E-state index contributed by atoms with van der Waals surface area (Å²) >= 11 is 1.44. The molecule has 7 nitrogen and oxygen atoms in total. The maximum atomic E-state index is 12.6. The molecular formula is C21H25N5O2S. The monoisotopic (exact) mass is 411 g/mol. The molecule has 2 aromatic heterocycles. The molecule has 3 aromatic rings. The number of thioether (sulfide) groups is 1. The maximum absolute atomic E-state index is 12.6. The van der Waals surface area contributed by atoms with E-state index in [4.69, 9.17) is 4.74 Å². The van der Waals surface area contributed by atoms with Crippen LogP contribution in [0.25, 0.3) is 5.69 Å². The van der Waals surface area contributed by atoms with Crippen LogP contribution in [0.1, 0.15) is 17.1 Å². The SMILES string of the molecule is Cc1ccc(-n2c(Cc3cccn3C)nnc2SCC(=O)N2CCOCC2)cc1. The molecule has 8 heteroatoms. The molecule has 0 unspecified atom stereocenters. The smallest absolute Gasteiger partial charge is 0.233 e. The average molecular weight is 412 g/mol. The van der Waals surface area contributed by atoms with Crippen molar-refractivity contribution >= 4 is 17.7 Å². The summed E-state index contributed by atoms with van der Waals surface area (Å²) in [5.41, 5.74) is 3.36. The van der Waals surface area contributed by atoms with E-state index in [0.717, 1.165) is 22.4 Å². The number of hydrogen-bond donors (Lipinski definition) is 0. The number of rotatable bonds is 6. The fourth-order valence-electron chi connectivity index (χ4n) is 3.33. The molecule has 29 heavy (non-hydrogen) atoms. The molecule has 1 fully saturated rings. The second-order valence-corrected chi connectivity index (χ2v) is 8.08. The minimum atomic E-state index is 0.112. The van der Waals surface area contributed by atoms with E-state index in [1.165, 1.54) is 17.3 Å². The van der Waals surface area contributed by atoms with Gasteiger partial charge in [-0.05, 0) is 31.2 Å². The third kappa shape index (κ3) is 4.54. The molecule has 0 saturated carbocycles. The molecule has 1 saturated heterocycles. The van der Waals surface area contributed by atoms with Gasteiger partial charge in [-0.2, -0.15) is 0 Å². The first-order valence-electron chi connectivity index (χ1n) is 9.71. The number of nitrogens with zero attached hydrogens (tertiary/aromatic N) is 5. The molecule has 1 aromatic carbocycles. The van der Waals surface area contributed by atoms with E-state index in [1.54, 1.807) is 0 Å². The summed E-state index contributed by atoms with van der Waals surface area (Å²) in [6.07, 6.45) is 2.70. The lowest BCUT2D eigenvalue weighted by Gasteiger charge is -2.26. The van der Waals surface area contributed by atoms with Crippen LogP contribution in [0.4, 0.5) is 0 Å². The number of benzene rings is 1. The standard InChI is InChI=1S/C21H25N5O2S/c1-16-5-7-17(8-6-16)26-19(14-18-4-3-9-24(18)2)22-23-21(26)29-15-20(27)25-10-12-28-13-11-25/h3-9H,10-15H2,1-2H3. The van der Waals surface area contributed by atoms with Gasteiger partial charge in [-0.3, -0.25) is 9.36 Å². The van der Waals surface area contributed by atoms with E-state index in [9.17, 15) is 4.79 Å². The Labute approximate surface area is 174 Å². The van der Waals surface area contributed by atoms with Crippen LogP contribution in [0.3, 0.4) is 0 Å². The van der Waals surface area contributed by atoms with Gasteiger partial charge in [0.2, 0.25) is 5.91 Å². The molecule has 0 atom stereocenters. The number of morpholine rings is 1. The molecule has 1 amide bonds. The Kier molecular flexibility index (Phi) is 6.01. The summed E-state index contributed by atoms with van der Waals surface area (Å²) in [7, 11) is 2.03. The predicted octanol–water partition coefficient (Wildman–Crippen LogP) is 2.46. The highest BCUT2D eigenvalue weighted by atomic mass is 32.2. The number of amides is 1. The van der Waals surface area contributed by atoms with Crippen molar-refractivity contribution in [2.75, 3.05) is 32.1 Å². The summed E-state index contributed by atoms with van der Waals surface area (Å²) < 4.78 is 9.48. The van der Waals surface area contributed by atoms with Gasteiger partial charge < -0.3 is 14.2 Å². The van der Waals surface area contributed by atoms with Crippen LogP contribution in [0.2, 0.25) is 0 Å². The van der Waals surface area contributed by atoms with Gasteiger partial charge in [-0.15, -0.1) is 10.2 Å². The number of ether oxygens (including phenoxy) is 1. The van der Waals surface area contributed by atoms with Crippen LogP contribution in [-0.2, 0) is 23.0 Å². The highest BCUT2D eigenvalue weighted by molar-refractivity contribution is 7.99. The molecule has 0 aliphatic carbocycles. The Morgan fingerprint density at radius 1 is 1.14 bits per heavy atom. The van der Waals surface area contributed by atoms with Crippen molar-refractivity contribution in [1.29, 1.82) is 0 Å². The van der Waals surface area contributed by atoms with Gasteiger partial charge in [0.15, 0.2) is 5.16 Å². The van der Waals surface area contributed by atoms with Crippen molar-refractivity contribution in [3.05, 3.63) is 59.7 Å². The Balaban J connectivity index is 1.58. The number of carbonyl (C=O) groups is 1. The summed E-state index contributed by atoms with van der Waals surface area (Å²) in [4.78, 5) is 14.4. The van der Waals surface area contributed by atoms with Crippen LogP contribution in [0.15, 0.2) is 47.8 Å². The molecular weight excluding hydrogens is 386 g/mol. The molecule has 3 heterocycles. The Bertz CT molecular complexity index is 973. The van der Waals surface area contributed by atoms with Gasteiger partial charge in [0.1, 0.15) is 5.82 Å². The van der Waals surface area contributed by atoms with Crippen molar-refractivity contribution in [2.24, 2.45) is 7.05 Å². The first-order chi connectivity index (χ1) is 14.1. The zero-order chi connectivity index (χ0) is 20.2. The zero-order valence-electron chi connectivity index (χ0n) is 16.7. The molecule has 0 N–H and O–H groups in total. The summed E-state index contributed by atoms with van der Waals surface area (Å²) in [6, 6.07) is 12.4. The van der Waals surface area contributed by atoms with E-state index < -0.39 is 0 Å². The largest absolute Gasteiger partial charge is 0.378 e. The van der Waals surface area contributed by atoms with Crippen molar-refractivity contribution in [3.63, 3.8) is 0 Å². The van der Waals surface area contributed by atoms with Crippen molar-refractivity contribution < 1.29 is 9.53 Å². The van der Waals surface area contributed by atoms with Crippen LogP contribution in [0.5, 0.6) is 0 Å². The fraction of sp³-hybridized carbons (Fsp3) is 0.381. The lowest BCUT2D eigenvalue weighted by Crippen LogP contribution is -2.41. The van der Waals surface area contributed by atoms with E-state index in [-0.39, 0.29) is 5.91 Å². The second kappa shape index (κ2) is 8.84. The van der Waals surface area contributed by atoms with Crippen LogP contribution >= 0.6 is 11.8 Å². The van der Waals surface area contributed by atoms with Gasteiger partial charge in [-0.1, -0.05) is 29.5 Å². The van der Waals surface area contributed by atoms with Gasteiger partial charge in [-0.25, -0.2) is 0 Å². The van der Waals surface area contributed by atoms with Gasteiger partial charge in [0, 0.05) is 44.1 Å². The number of carbonyl (C=O) groups excluding carboxylic acids is 1. The van der Waals surface area contributed by atoms with Gasteiger partial charge in [0.25, 0.3) is 0 Å². The van der Waals surface area contributed by atoms with Crippen molar-refractivity contribution in [3.8, 4) is 5.69 Å². The maximum Gasteiger partial charge on any atom is 0.233 e. The second-order valence-electron chi connectivity index (χ2n) is 7.14. The number of aromatic nitrogens is 4. The van der Waals surface area contributed by atoms with Crippen molar-refractivity contribution in [1.82, 2.24) is 24.2 Å². The van der Waals surface area contributed by atoms with Crippen LogP contribution < -0.4 is 0 Å². The Morgan fingerprint density at radius 3 is 2.59 bits per heavy atom. The van der Waals surface area contributed by atoms with E-state index in [0.29, 0.717) is 38.5 Å². The van der Waals surface area contributed by atoms with Crippen molar-refractivity contribution in [2.45, 2.75) is 18.5 Å². The normalized spacial score (nSPS) is 14.3. The Hall–Kier alpha value is -2.58. The van der Waals surface area contributed by atoms with E-state index in [1.807, 2.05) is 24.2 Å². The van der Waals surface area contributed by atoms with E-state index >= 15 is 0 Å². The molecule has 1 aliphatic heterocycles. The summed E-state index contributed by atoms with van der Waals surface area (Å²) in [5.74, 6) is 1.31. The zero-order valence-corrected chi connectivity index (χ0v) is 17.6. The minimum absolute atomic E-state index is 0.112. The summed E-state index contributed by atoms with van der Waals surface area (Å²) in [6.45, 7) is 4.59. The lowest BCUT2D eigenvalue weighted by atomic mass is 10.2. The number of aryl methyl sites for hydroxylation is 2. The minimum Gasteiger partial charge on any atom is -0.378 e. The first-order valence-corrected chi connectivity index (χ1v) is 10.7. The first kappa shape index (κ1) is 19.7. The quantitative estimate of drug-likeness (QED) is 0.583. The molecule has 0 radical (unpaired) electrons. The van der Waals surface area contributed by atoms with E-state index in [2.05, 4.69) is 56.6 Å². The molecule has 4 rings (SSSR count). The highest BCUT2D eigenvalue weighted by Crippen LogP contribution is 2.24. The average Bonchev–Trinajstić information content (AvgIpc) is 3.34. The fourth-order valence-corrected chi connectivity index (χ4v) is 4.21. The topological polar surface area (TPSA) is 65.2 Å². The molecule has 0 spiro atoms. The van der Waals surface area contributed by atoms with Crippen LogP contribution in [-0.4, -0.2) is 62.2 Å². The van der Waals surface area contributed by atoms with Gasteiger partial charge >= 0.3 is 0 Å².